The Balaban J connectivity index is 1.51. The van der Waals surface area contributed by atoms with Crippen molar-refractivity contribution < 1.29 is 9.59 Å². The van der Waals surface area contributed by atoms with Crippen LogP contribution < -0.4 is 10.6 Å². The first-order chi connectivity index (χ1) is 12.6. The number of hydrogen-bond donors (Lipinski definition) is 2. The van der Waals surface area contributed by atoms with Crippen LogP contribution in [0.1, 0.15) is 10.4 Å². The Morgan fingerprint density at radius 1 is 1.04 bits per heavy atom. The molecule has 0 unspecified atom stereocenters. The summed E-state index contributed by atoms with van der Waals surface area (Å²) in [6.45, 7) is 0. The van der Waals surface area contributed by atoms with Crippen molar-refractivity contribution in [2.45, 2.75) is 4.34 Å². The first-order valence-electron chi connectivity index (χ1n) is 7.48. The molecule has 1 heterocycles. The zero-order chi connectivity index (χ0) is 18.4. The predicted octanol–water partition coefficient (Wildman–Crippen LogP) is 4.17. The maximum atomic E-state index is 12.1. The van der Waals surface area contributed by atoms with Gasteiger partial charge in [-0.05, 0) is 30.3 Å². The van der Waals surface area contributed by atoms with Gasteiger partial charge >= 0.3 is 0 Å². The highest BCUT2D eigenvalue weighted by Gasteiger charge is 2.12. The number of rotatable bonds is 6. The number of halogens is 1. The SMILES string of the molecule is O=C(CSc1nnc(NC(=O)c2cccc(Cl)c2)s1)Nc1ccccc1. The van der Waals surface area contributed by atoms with Gasteiger partial charge in [0.1, 0.15) is 0 Å². The molecule has 0 saturated carbocycles. The molecule has 6 nitrogen and oxygen atoms in total. The molecule has 0 fully saturated rings. The van der Waals surface area contributed by atoms with Crippen molar-refractivity contribution in [2.24, 2.45) is 0 Å². The van der Waals surface area contributed by atoms with Crippen LogP contribution in [0.5, 0.6) is 0 Å². The van der Waals surface area contributed by atoms with E-state index in [2.05, 4.69) is 20.8 Å². The third kappa shape index (κ3) is 5.29. The second kappa shape index (κ2) is 8.79. The highest BCUT2D eigenvalue weighted by Crippen LogP contribution is 2.26. The number of anilines is 2. The van der Waals surface area contributed by atoms with E-state index in [-0.39, 0.29) is 17.6 Å². The topological polar surface area (TPSA) is 84.0 Å². The standard InChI is InChI=1S/C17H13ClN4O2S2/c18-12-6-4-5-11(9-12)15(24)20-16-21-22-17(26-16)25-10-14(23)19-13-7-2-1-3-8-13/h1-9H,10H2,(H,19,23)(H,20,21,24). The van der Waals surface area contributed by atoms with Crippen molar-refractivity contribution in [1.82, 2.24) is 10.2 Å². The van der Waals surface area contributed by atoms with E-state index in [0.717, 1.165) is 5.69 Å². The number of hydrogen-bond acceptors (Lipinski definition) is 6. The molecule has 0 atom stereocenters. The van der Waals surface area contributed by atoms with E-state index in [1.54, 1.807) is 24.3 Å². The maximum Gasteiger partial charge on any atom is 0.257 e. The van der Waals surface area contributed by atoms with Gasteiger partial charge in [0, 0.05) is 16.3 Å². The van der Waals surface area contributed by atoms with Crippen LogP contribution in [0.3, 0.4) is 0 Å². The number of nitrogens with zero attached hydrogens (tertiary/aromatic N) is 2. The van der Waals surface area contributed by atoms with E-state index in [0.29, 0.717) is 20.1 Å². The number of carbonyl (C=O) groups excluding carboxylic acids is 2. The molecule has 0 saturated heterocycles. The monoisotopic (exact) mass is 404 g/mol. The molecular formula is C17H13ClN4O2S2. The van der Waals surface area contributed by atoms with Crippen molar-refractivity contribution in [3.8, 4) is 0 Å². The van der Waals surface area contributed by atoms with Gasteiger partial charge in [-0.25, -0.2) is 0 Å². The predicted molar refractivity (Wildman–Crippen MR) is 105 cm³/mol. The Kier molecular flexibility index (Phi) is 6.21. The first-order valence-corrected chi connectivity index (χ1v) is 9.66. The summed E-state index contributed by atoms with van der Waals surface area (Å²) < 4.78 is 0.592. The number of nitrogens with one attached hydrogen (secondary N) is 2. The van der Waals surface area contributed by atoms with Crippen molar-refractivity contribution in [2.75, 3.05) is 16.4 Å². The molecule has 3 aromatic rings. The lowest BCUT2D eigenvalue weighted by Gasteiger charge is -2.03. The van der Waals surface area contributed by atoms with E-state index in [1.165, 1.54) is 23.1 Å². The molecule has 0 aliphatic heterocycles. The fourth-order valence-corrected chi connectivity index (χ4v) is 3.70. The molecule has 9 heteroatoms. The fraction of sp³-hybridized carbons (Fsp3) is 0.0588. The average Bonchev–Trinajstić information content (AvgIpc) is 3.08. The molecule has 1 aromatic heterocycles. The van der Waals surface area contributed by atoms with Gasteiger partial charge in [0.05, 0.1) is 5.75 Å². The smallest absolute Gasteiger partial charge is 0.257 e. The molecule has 0 aliphatic carbocycles. The number of aromatic nitrogens is 2. The lowest BCUT2D eigenvalue weighted by Crippen LogP contribution is -2.13. The molecule has 2 aromatic carbocycles. The third-order valence-corrected chi connectivity index (χ3v) is 5.31. The molecule has 2 N–H and O–H groups in total. The lowest BCUT2D eigenvalue weighted by atomic mass is 10.2. The van der Waals surface area contributed by atoms with E-state index < -0.39 is 0 Å². The van der Waals surface area contributed by atoms with Crippen LogP contribution in [-0.4, -0.2) is 27.8 Å². The Hall–Kier alpha value is -2.42. The number of para-hydroxylation sites is 1. The Bertz CT molecular complexity index is 918. The number of benzene rings is 2. The third-order valence-electron chi connectivity index (χ3n) is 3.10. The summed E-state index contributed by atoms with van der Waals surface area (Å²) in [5.41, 5.74) is 1.17. The van der Waals surface area contributed by atoms with Crippen LogP contribution in [-0.2, 0) is 4.79 Å². The normalized spacial score (nSPS) is 10.3. The Morgan fingerprint density at radius 3 is 2.62 bits per heavy atom. The van der Waals surface area contributed by atoms with Gasteiger partial charge in [0.15, 0.2) is 4.34 Å². The van der Waals surface area contributed by atoms with Crippen LogP contribution in [0, 0.1) is 0 Å². The van der Waals surface area contributed by atoms with Crippen LogP contribution in [0.4, 0.5) is 10.8 Å². The zero-order valence-electron chi connectivity index (χ0n) is 13.3. The van der Waals surface area contributed by atoms with E-state index in [1.807, 2.05) is 30.3 Å². The van der Waals surface area contributed by atoms with E-state index >= 15 is 0 Å². The summed E-state index contributed by atoms with van der Waals surface area (Å²) in [4.78, 5) is 24.1. The van der Waals surface area contributed by atoms with Gasteiger partial charge in [-0.15, -0.1) is 10.2 Å². The molecule has 0 aliphatic rings. The van der Waals surface area contributed by atoms with Crippen molar-refractivity contribution in [3.63, 3.8) is 0 Å². The summed E-state index contributed by atoms with van der Waals surface area (Å²) in [7, 11) is 0. The minimum absolute atomic E-state index is 0.138. The first kappa shape index (κ1) is 18.4. The second-order valence-corrected chi connectivity index (χ2v) is 7.68. The highest BCUT2D eigenvalue weighted by atomic mass is 35.5. The quantitative estimate of drug-likeness (QED) is 0.475. The van der Waals surface area contributed by atoms with Gasteiger partial charge in [-0.1, -0.05) is 59.0 Å². The Morgan fingerprint density at radius 2 is 1.85 bits per heavy atom. The molecule has 0 bridgehead atoms. The second-order valence-electron chi connectivity index (χ2n) is 5.04. The Labute approximate surface area is 163 Å². The summed E-state index contributed by atoms with van der Waals surface area (Å²) in [5.74, 6) is -0.255. The maximum absolute atomic E-state index is 12.1. The minimum atomic E-state index is -0.318. The number of amides is 2. The van der Waals surface area contributed by atoms with Crippen molar-refractivity contribution in [3.05, 3.63) is 65.2 Å². The number of thioether (sulfide) groups is 1. The molecule has 2 amide bonds. The van der Waals surface area contributed by atoms with Crippen LogP contribution in [0.25, 0.3) is 0 Å². The summed E-state index contributed by atoms with van der Waals surface area (Å²) in [6, 6.07) is 15.8. The van der Waals surface area contributed by atoms with Crippen LogP contribution in [0.15, 0.2) is 58.9 Å². The van der Waals surface area contributed by atoms with Crippen LogP contribution in [0.2, 0.25) is 5.02 Å². The molecule has 0 spiro atoms. The van der Waals surface area contributed by atoms with Gasteiger partial charge < -0.3 is 5.32 Å². The van der Waals surface area contributed by atoms with Crippen molar-refractivity contribution >= 4 is 57.3 Å². The van der Waals surface area contributed by atoms with E-state index in [9.17, 15) is 9.59 Å². The van der Waals surface area contributed by atoms with Gasteiger partial charge in [-0.3, -0.25) is 14.9 Å². The molecular weight excluding hydrogens is 392 g/mol. The van der Waals surface area contributed by atoms with Gasteiger partial charge in [0.2, 0.25) is 11.0 Å². The molecule has 26 heavy (non-hydrogen) atoms. The van der Waals surface area contributed by atoms with Gasteiger partial charge in [-0.2, -0.15) is 0 Å². The molecule has 0 radical (unpaired) electrons. The lowest BCUT2D eigenvalue weighted by molar-refractivity contribution is -0.113. The minimum Gasteiger partial charge on any atom is -0.325 e. The average molecular weight is 405 g/mol. The summed E-state index contributed by atoms with van der Waals surface area (Å²) in [5, 5.41) is 14.2. The van der Waals surface area contributed by atoms with Gasteiger partial charge in [0.25, 0.3) is 5.91 Å². The number of carbonyl (C=O) groups is 2. The largest absolute Gasteiger partial charge is 0.325 e. The summed E-state index contributed by atoms with van der Waals surface area (Å²) >= 11 is 8.34. The molecule has 3 rings (SSSR count). The summed E-state index contributed by atoms with van der Waals surface area (Å²) in [6.07, 6.45) is 0. The fourth-order valence-electron chi connectivity index (χ4n) is 1.96. The zero-order valence-corrected chi connectivity index (χ0v) is 15.7. The van der Waals surface area contributed by atoms with Crippen molar-refractivity contribution in [1.29, 1.82) is 0 Å². The van der Waals surface area contributed by atoms with Crippen LogP contribution >= 0.6 is 34.7 Å². The molecule has 132 valence electrons. The van der Waals surface area contributed by atoms with E-state index in [4.69, 9.17) is 11.6 Å². The highest BCUT2D eigenvalue weighted by molar-refractivity contribution is 8.01.